The predicted octanol–water partition coefficient (Wildman–Crippen LogP) is 4.28. The number of rotatable bonds is 5. The second-order valence-electron chi connectivity index (χ2n) is 5.71. The first kappa shape index (κ1) is 15.8. The van der Waals surface area contributed by atoms with Crippen molar-refractivity contribution in [3.05, 3.63) is 65.5 Å². The smallest absolute Gasteiger partial charge is 0.247 e. The molecule has 5 nitrogen and oxygen atoms in total. The predicted molar refractivity (Wildman–Crippen MR) is 92.3 cm³/mol. The van der Waals surface area contributed by atoms with Crippen LogP contribution in [-0.4, -0.2) is 10.2 Å². The van der Waals surface area contributed by atoms with Crippen molar-refractivity contribution in [3.8, 4) is 17.5 Å². The monoisotopic (exact) mass is 318 g/mol. The molecule has 0 aliphatic rings. The van der Waals surface area contributed by atoms with Crippen molar-refractivity contribution in [1.29, 1.82) is 5.26 Å². The topological polar surface area (TPSA) is 74.7 Å². The van der Waals surface area contributed by atoms with Gasteiger partial charge in [0.05, 0.1) is 12.5 Å². The zero-order chi connectivity index (χ0) is 16.9. The van der Waals surface area contributed by atoms with E-state index in [1.165, 1.54) is 0 Å². The van der Waals surface area contributed by atoms with Crippen LogP contribution in [0.15, 0.2) is 52.9 Å². The Labute approximate surface area is 141 Å². The molecular formula is C19H18N4O. The van der Waals surface area contributed by atoms with Gasteiger partial charge in [0.2, 0.25) is 11.8 Å². The highest BCUT2D eigenvalue weighted by Crippen LogP contribution is 2.23. The van der Waals surface area contributed by atoms with Crippen LogP contribution in [0.5, 0.6) is 0 Å². The van der Waals surface area contributed by atoms with Crippen molar-refractivity contribution < 1.29 is 4.42 Å². The van der Waals surface area contributed by atoms with E-state index in [9.17, 15) is 0 Å². The Morgan fingerprint density at radius 1 is 1.17 bits per heavy atom. The highest BCUT2D eigenvalue weighted by Gasteiger charge is 2.15. The van der Waals surface area contributed by atoms with E-state index in [0.717, 1.165) is 22.4 Å². The third kappa shape index (κ3) is 3.61. The summed E-state index contributed by atoms with van der Waals surface area (Å²) in [5.41, 5.74) is 4.01. The molecule has 0 radical (unpaired) electrons. The Hall–Kier alpha value is -3.13. The van der Waals surface area contributed by atoms with E-state index in [1.807, 2.05) is 62.4 Å². The number of nitrogens with zero attached hydrogens (tertiary/aromatic N) is 3. The van der Waals surface area contributed by atoms with Crippen molar-refractivity contribution in [2.75, 3.05) is 5.32 Å². The van der Waals surface area contributed by atoms with Gasteiger partial charge in [-0.2, -0.15) is 5.26 Å². The number of hydrogen-bond acceptors (Lipinski definition) is 5. The van der Waals surface area contributed by atoms with Crippen molar-refractivity contribution in [2.45, 2.75) is 26.3 Å². The Balaban J connectivity index is 1.71. The molecular weight excluding hydrogens is 300 g/mol. The lowest BCUT2D eigenvalue weighted by Crippen LogP contribution is -2.06. The summed E-state index contributed by atoms with van der Waals surface area (Å²) in [4.78, 5) is 0. The Morgan fingerprint density at radius 3 is 2.67 bits per heavy atom. The normalized spacial score (nSPS) is 11.7. The minimum atomic E-state index is -0.113. The van der Waals surface area contributed by atoms with Crippen LogP contribution in [0.25, 0.3) is 11.5 Å². The van der Waals surface area contributed by atoms with Gasteiger partial charge in [-0.25, -0.2) is 0 Å². The van der Waals surface area contributed by atoms with E-state index in [4.69, 9.17) is 9.68 Å². The molecule has 0 fully saturated rings. The highest BCUT2D eigenvalue weighted by atomic mass is 16.4. The lowest BCUT2D eigenvalue weighted by molar-refractivity contribution is 0.485. The Morgan fingerprint density at radius 2 is 1.96 bits per heavy atom. The maximum Gasteiger partial charge on any atom is 0.247 e. The molecule has 1 unspecified atom stereocenters. The molecule has 1 aromatic heterocycles. The van der Waals surface area contributed by atoms with Gasteiger partial charge in [0.25, 0.3) is 0 Å². The number of nitrogens with one attached hydrogen (secondary N) is 1. The maximum absolute atomic E-state index is 8.70. The van der Waals surface area contributed by atoms with Crippen molar-refractivity contribution in [3.63, 3.8) is 0 Å². The average molecular weight is 318 g/mol. The molecule has 0 aliphatic carbocycles. The molecule has 1 N–H and O–H groups in total. The van der Waals surface area contributed by atoms with E-state index in [-0.39, 0.29) is 6.04 Å². The number of nitriles is 1. The van der Waals surface area contributed by atoms with Crippen LogP contribution in [-0.2, 0) is 6.42 Å². The van der Waals surface area contributed by atoms with Gasteiger partial charge in [-0.1, -0.05) is 29.8 Å². The van der Waals surface area contributed by atoms with Gasteiger partial charge in [0.1, 0.15) is 6.04 Å². The first-order chi connectivity index (χ1) is 11.7. The number of aromatic nitrogens is 2. The molecule has 3 aromatic rings. The summed E-state index contributed by atoms with van der Waals surface area (Å²) in [5, 5.41) is 20.3. The van der Waals surface area contributed by atoms with Crippen LogP contribution in [0.2, 0.25) is 0 Å². The minimum Gasteiger partial charge on any atom is -0.418 e. The van der Waals surface area contributed by atoms with E-state index >= 15 is 0 Å². The molecule has 120 valence electrons. The largest absolute Gasteiger partial charge is 0.418 e. The summed E-state index contributed by atoms with van der Waals surface area (Å²) >= 11 is 0. The van der Waals surface area contributed by atoms with E-state index in [1.54, 1.807) is 0 Å². The third-order valence-electron chi connectivity index (χ3n) is 3.70. The molecule has 0 amide bonds. The number of aryl methyl sites for hydroxylation is 1. The molecule has 0 saturated heterocycles. The van der Waals surface area contributed by atoms with Crippen molar-refractivity contribution >= 4 is 5.69 Å². The third-order valence-corrected chi connectivity index (χ3v) is 3.70. The lowest BCUT2D eigenvalue weighted by atomic mass is 10.1. The van der Waals surface area contributed by atoms with Gasteiger partial charge in [-0.05, 0) is 43.7 Å². The van der Waals surface area contributed by atoms with Crippen molar-refractivity contribution in [1.82, 2.24) is 10.2 Å². The molecule has 0 bridgehead atoms. The van der Waals surface area contributed by atoms with Crippen LogP contribution in [0, 0.1) is 18.3 Å². The fourth-order valence-corrected chi connectivity index (χ4v) is 2.43. The van der Waals surface area contributed by atoms with Crippen LogP contribution in [0.4, 0.5) is 5.69 Å². The zero-order valence-corrected chi connectivity index (χ0v) is 13.7. The highest BCUT2D eigenvalue weighted by molar-refractivity contribution is 5.53. The van der Waals surface area contributed by atoms with Gasteiger partial charge in [0.15, 0.2) is 0 Å². The maximum atomic E-state index is 8.70. The van der Waals surface area contributed by atoms with E-state index in [0.29, 0.717) is 18.2 Å². The Kier molecular flexibility index (Phi) is 4.57. The second kappa shape index (κ2) is 6.97. The average Bonchev–Trinajstić information content (AvgIpc) is 3.07. The summed E-state index contributed by atoms with van der Waals surface area (Å²) in [7, 11) is 0. The molecule has 2 aromatic carbocycles. The van der Waals surface area contributed by atoms with Gasteiger partial charge >= 0.3 is 0 Å². The zero-order valence-electron chi connectivity index (χ0n) is 13.7. The molecule has 3 rings (SSSR count). The lowest BCUT2D eigenvalue weighted by Gasteiger charge is -2.11. The SMILES string of the molecule is Cc1cccc(-c2nnc(C(C)Nc3ccc(CC#N)cc3)o2)c1. The van der Waals surface area contributed by atoms with E-state index < -0.39 is 0 Å². The van der Waals surface area contributed by atoms with Gasteiger partial charge < -0.3 is 9.73 Å². The van der Waals surface area contributed by atoms with Crippen LogP contribution >= 0.6 is 0 Å². The number of anilines is 1. The molecule has 5 heteroatoms. The molecule has 0 aliphatic heterocycles. The van der Waals surface area contributed by atoms with Crippen LogP contribution in [0.1, 0.15) is 30.0 Å². The number of benzene rings is 2. The molecule has 24 heavy (non-hydrogen) atoms. The minimum absolute atomic E-state index is 0.113. The fraction of sp³-hybridized carbons (Fsp3) is 0.211. The summed E-state index contributed by atoms with van der Waals surface area (Å²) in [5.74, 6) is 1.05. The first-order valence-electron chi connectivity index (χ1n) is 7.78. The van der Waals surface area contributed by atoms with Gasteiger partial charge in [-0.3, -0.25) is 0 Å². The summed E-state index contributed by atoms with van der Waals surface area (Å²) in [6.07, 6.45) is 0.416. The van der Waals surface area contributed by atoms with E-state index in [2.05, 4.69) is 21.6 Å². The van der Waals surface area contributed by atoms with Crippen LogP contribution in [0.3, 0.4) is 0 Å². The van der Waals surface area contributed by atoms with Crippen molar-refractivity contribution in [2.24, 2.45) is 0 Å². The Bertz CT molecular complexity index is 862. The first-order valence-corrected chi connectivity index (χ1v) is 7.78. The summed E-state index contributed by atoms with van der Waals surface area (Å²) in [6.45, 7) is 4.00. The summed E-state index contributed by atoms with van der Waals surface area (Å²) in [6, 6.07) is 17.8. The molecule has 0 saturated carbocycles. The summed E-state index contributed by atoms with van der Waals surface area (Å²) < 4.78 is 5.79. The molecule has 1 heterocycles. The van der Waals surface area contributed by atoms with Gasteiger partial charge in [-0.15, -0.1) is 10.2 Å². The fourth-order valence-electron chi connectivity index (χ4n) is 2.43. The van der Waals surface area contributed by atoms with Crippen LogP contribution < -0.4 is 5.32 Å². The molecule has 0 spiro atoms. The molecule has 1 atom stereocenters. The quantitative estimate of drug-likeness (QED) is 0.759. The number of hydrogen-bond donors (Lipinski definition) is 1. The standard InChI is InChI=1S/C19H18N4O/c1-13-4-3-5-16(12-13)19-23-22-18(24-19)14(2)21-17-8-6-15(7-9-17)10-11-20/h3-9,12,14,21H,10H2,1-2H3. The van der Waals surface area contributed by atoms with Gasteiger partial charge in [0, 0.05) is 11.3 Å². The second-order valence-corrected chi connectivity index (χ2v) is 5.71.